The van der Waals surface area contributed by atoms with Gasteiger partial charge in [-0.15, -0.1) is 0 Å². The van der Waals surface area contributed by atoms with E-state index in [9.17, 15) is 0 Å². The Labute approximate surface area is 130 Å². The molecule has 1 aliphatic rings. The van der Waals surface area contributed by atoms with E-state index in [1.165, 1.54) is 0 Å². The summed E-state index contributed by atoms with van der Waals surface area (Å²) < 4.78 is 11.4. The summed E-state index contributed by atoms with van der Waals surface area (Å²) in [5, 5.41) is 3.36. The number of hydrogen-bond donors (Lipinski definition) is 1. The molecule has 0 bridgehead atoms. The third-order valence-electron chi connectivity index (χ3n) is 3.59. The monoisotopic (exact) mass is 296 g/mol. The van der Waals surface area contributed by atoms with Crippen LogP contribution in [0.2, 0.25) is 0 Å². The Morgan fingerprint density at radius 2 is 1.77 bits per heavy atom. The van der Waals surface area contributed by atoms with Crippen LogP contribution in [0.25, 0.3) is 0 Å². The van der Waals surface area contributed by atoms with Crippen LogP contribution in [0.3, 0.4) is 0 Å². The standard InChI is InChI=1S/C18H20N2O2/c1-21-15-10-8-14(9-11-15)17(18-19-12-5-13-20-18)22-16-6-3-2-4-7-16/h2-4,6-11,17H,5,12-13H2,1H3,(H,19,20)/t17-/m1/s1. The molecule has 22 heavy (non-hydrogen) atoms. The molecule has 3 rings (SSSR count). The lowest BCUT2D eigenvalue weighted by atomic mass is 10.1. The summed E-state index contributed by atoms with van der Waals surface area (Å²) in [5.74, 6) is 2.56. The highest BCUT2D eigenvalue weighted by molar-refractivity contribution is 5.88. The Balaban J connectivity index is 1.89. The molecular weight excluding hydrogens is 276 g/mol. The van der Waals surface area contributed by atoms with Gasteiger partial charge in [-0.3, -0.25) is 4.99 Å². The van der Waals surface area contributed by atoms with Crippen LogP contribution in [0.1, 0.15) is 18.1 Å². The highest BCUT2D eigenvalue weighted by Gasteiger charge is 2.22. The van der Waals surface area contributed by atoms with Crippen molar-refractivity contribution in [3.8, 4) is 11.5 Å². The van der Waals surface area contributed by atoms with Crippen LogP contribution in [0.15, 0.2) is 59.6 Å². The molecule has 0 aromatic heterocycles. The second kappa shape index (κ2) is 6.98. The SMILES string of the molecule is COc1ccc([C@@H](Oc2ccccc2)C2=NCCCN2)cc1. The van der Waals surface area contributed by atoms with Crippen LogP contribution in [-0.2, 0) is 0 Å². The zero-order valence-electron chi connectivity index (χ0n) is 12.7. The summed E-state index contributed by atoms with van der Waals surface area (Å²) in [6, 6.07) is 17.8. The second-order valence-electron chi connectivity index (χ2n) is 5.13. The molecule has 2 aromatic rings. The summed E-state index contributed by atoms with van der Waals surface area (Å²) in [6.07, 6.45) is 0.832. The zero-order valence-corrected chi connectivity index (χ0v) is 12.7. The van der Waals surface area contributed by atoms with E-state index in [4.69, 9.17) is 9.47 Å². The Hall–Kier alpha value is -2.49. The maximum Gasteiger partial charge on any atom is 0.180 e. The molecule has 1 heterocycles. The minimum atomic E-state index is -0.228. The smallest absolute Gasteiger partial charge is 0.180 e. The minimum Gasteiger partial charge on any atom is -0.497 e. The lowest BCUT2D eigenvalue weighted by Gasteiger charge is -2.25. The lowest BCUT2D eigenvalue weighted by Crippen LogP contribution is -2.36. The van der Waals surface area contributed by atoms with Crippen molar-refractivity contribution in [1.29, 1.82) is 0 Å². The summed E-state index contributed by atoms with van der Waals surface area (Å²) in [4.78, 5) is 4.59. The first-order chi connectivity index (χ1) is 10.9. The number of aliphatic imine (C=N–C) groups is 1. The fourth-order valence-corrected chi connectivity index (χ4v) is 2.42. The van der Waals surface area contributed by atoms with Crippen molar-refractivity contribution in [1.82, 2.24) is 5.32 Å². The molecule has 0 unspecified atom stereocenters. The molecule has 0 saturated heterocycles. The molecule has 0 spiro atoms. The number of methoxy groups -OCH3 is 1. The van der Waals surface area contributed by atoms with E-state index in [1.807, 2.05) is 54.6 Å². The molecule has 0 amide bonds. The first-order valence-corrected chi connectivity index (χ1v) is 7.50. The summed E-state index contributed by atoms with van der Waals surface area (Å²) in [7, 11) is 1.67. The molecule has 4 nitrogen and oxygen atoms in total. The van der Waals surface area contributed by atoms with E-state index in [1.54, 1.807) is 7.11 Å². The third-order valence-corrected chi connectivity index (χ3v) is 3.59. The lowest BCUT2D eigenvalue weighted by molar-refractivity contribution is 0.267. The molecule has 4 heteroatoms. The predicted molar refractivity (Wildman–Crippen MR) is 87.7 cm³/mol. The Bertz CT molecular complexity index is 623. The van der Waals surface area contributed by atoms with Gasteiger partial charge < -0.3 is 14.8 Å². The molecule has 0 fully saturated rings. The van der Waals surface area contributed by atoms with Gasteiger partial charge in [0.05, 0.1) is 7.11 Å². The Morgan fingerprint density at radius 1 is 1.00 bits per heavy atom. The van der Waals surface area contributed by atoms with Crippen molar-refractivity contribution in [2.45, 2.75) is 12.5 Å². The first-order valence-electron chi connectivity index (χ1n) is 7.50. The van der Waals surface area contributed by atoms with Gasteiger partial charge >= 0.3 is 0 Å². The van der Waals surface area contributed by atoms with Crippen LogP contribution in [-0.4, -0.2) is 26.0 Å². The van der Waals surface area contributed by atoms with Gasteiger partial charge in [-0.1, -0.05) is 30.3 Å². The van der Waals surface area contributed by atoms with Crippen LogP contribution in [0, 0.1) is 0 Å². The Morgan fingerprint density at radius 3 is 2.41 bits per heavy atom. The summed E-state index contributed by atoms with van der Waals surface area (Å²) >= 11 is 0. The molecule has 0 aliphatic carbocycles. The maximum absolute atomic E-state index is 6.18. The average molecular weight is 296 g/mol. The van der Waals surface area contributed by atoms with Gasteiger partial charge in [0.1, 0.15) is 17.3 Å². The van der Waals surface area contributed by atoms with Crippen molar-refractivity contribution < 1.29 is 9.47 Å². The van der Waals surface area contributed by atoms with E-state index in [-0.39, 0.29) is 6.10 Å². The molecule has 0 saturated carbocycles. The highest BCUT2D eigenvalue weighted by atomic mass is 16.5. The predicted octanol–water partition coefficient (Wildman–Crippen LogP) is 3.21. The second-order valence-corrected chi connectivity index (χ2v) is 5.13. The van der Waals surface area contributed by atoms with E-state index in [0.717, 1.165) is 42.4 Å². The van der Waals surface area contributed by atoms with E-state index >= 15 is 0 Å². The van der Waals surface area contributed by atoms with Gasteiger partial charge in [-0.05, 0) is 30.7 Å². The van der Waals surface area contributed by atoms with Crippen LogP contribution in [0.4, 0.5) is 0 Å². The number of hydrogen-bond acceptors (Lipinski definition) is 4. The fourth-order valence-electron chi connectivity index (χ4n) is 2.42. The molecular formula is C18H20N2O2. The molecule has 0 radical (unpaired) electrons. The fraction of sp³-hybridized carbons (Fsp3) is 0.278. The average Bonchev–Trinajstić information content (AvgIpc) is 2.61. The van der Waals surface area contributed by atoms with Gasteiger partial charge in [0, 0.05) is 18.7 Å². The first kappa shape index (κ1) is 14.4. The number of nitrogens with one attached hydrogen (secondary N) is 1. The van der Waals surface area contributed by atoms with Crippen LogP contribution < -0.4 is 14.8 Å². The van der Waals surface area contributed by atoms with Crippen molar-refractivity contribution in [3.63, 3.8) is 0 Å². The molecule has 1 N–H and O–H groups in total. The molecule has 1 aliphatic heterocycles. The highest BCUT2D eigenvalue weighted by Crippen LogP contribution is 2.25. The topological polar surface area (TPSA) is 42.9 Å². The maximum atomic E-state index is 6.18. The van der Waals surface area contributed by atoms with Crippen molar-refractivity contribution in [2.75, 3.05) is 20.2 Å². The minimum absolute atomic E-state index is 0.228. The van der Waals surface area contributed by atoms with Gasteiger partial charge in [0.2, 0.25) is 0 Å². The number of nitrogens with zero attached hydrogens (tertiary/aromatic N) is 1. The van der Waals surface area contributed by atoms with Crippen molar-refractivity contribution in [3.05, 3.63) is 60.2 Å². The van der Waals surface area contributed by atoms with Gasteiger partial charge in [0.25, 0.3) is 0 Å². The van der Waals surface area contributed by atoms with Crippen LogP contribution in [0.5, 0.6) is 11.5 Å². The molecule has 114 valence electrons. The van der Waals surface area contributed by atoms with Crippen molar-refractivity contribution in [2.24, 2.45) is 4.99 Å². The quantitative estimate of drug-likeness (QED) is 0.921. The number of rotatable bonds is 5. The van der Waals surface area contributed by atoms with Crippen LogP contribution >= 0.6 is 0 Å². The number of benzene rings is 2. The van der Waals surface area contributed by atoms with Gasteiger partial charge in [-0.2, -0.15) is 0 Å². The Kier molecular flexibility index (Phi) is 4.59. The summed E-state index contributed by atoms with van der Waals surface area (Å²) in [5.41, 5.74) is 1.05. The normalized spacial score (nSPS) is 15.4. The number of ether oxygens (including phenoxy) is 2. The van der Waals surface area contributed by atoms with E-state index in [2.05, 4.69) is 10.3 Å². The number of amidine groups is 1. The van der Waals surface area contributed by atoms with Gasteiger partial charge in [-0.25, -0.2) is 0 Å². The molecule has 2 aromatic carbocycles. The van der Waals surface area contributed by atoms with Gasteiger partial charge in [0.15, 0.2) is 6.10 Å². The van der Waals surface area contributed by atoms with E-state index in [0.29, 0.717) is 0 Å². The number of para-hydroxylation sites is 1. The largest absolute Gasteiger partial charge is 0.497 e. The molecule has 1 atom stereocenters. The third kappa shape index (κ3) is 3.39. The summed E-state index contributed by atoms with van der Waals surface area (Å²) in [6.45, 7) is 1.77. The van der Waals surface area contributed by atoms with E-state index < -0.39 is 0 Å². The van der Waals surface area contributed by atoms with Crippen molar-refractivity contribution >= 4 is 5.84 Å². The zero-order chi connectivity index (χ0) is 15.2.